The summed E-state index contributed by atoms with van der Waals surface area (Å²) in [5.41, 5.74) is 1.94. The van der Waals surface area contributed by atoms with Crippen LogP contribution in [0.25, 0.3) is 0 Å². The molecule has 2 spiro atoms. The van der Waals surface area contributed by atoms with Crippen LogP contribution in [0.2, 0.25) is 0 Å². The first-order valence-electron chi connectivity index (χ1n) is 12.3. The molecule has 0 N–H and O–H groups in total. The van der Waals surface area contributed by atoms with Crippen LogP contribution in [0.4, 0.5) is 17.1 Å². The van der Waals surface area contributed by atoms with E-state index in [2.05, 4.69) is 10.2 Å². The van der Waals surface area contributed by atoms with Gasteiger partial charge in [-0.25, -0.2) is 0 Å². The molecule has 6 rings (SSSR count). The number of aryl methyl sites for hydroxylation is 2. The molecule has 0 bridgehead atoms. The van der Waals surface area contributed by atoms with Crippen LogP contribution < -0.4 is 10.0 Å². The molecule has 1 aliphatic carbocycles. The van der Waals surface area contributed by atoms with Crippen LogP contribution in [0.1, 0.15) is 36.5 Å². The van der Waals surface area contributed by atoms with E-state index in [9.17, 15) is 19.7 Å². The van der Waals surface area contributed by atoms with Crippen LogP contribution in [-0.2, 0) is 9.59 Å². The zero-order valence-electron chi connectivity index (χ0n) is 21.4. The summed E-state index contributed by atoms with van der Waals surface area (Å²) in [6, 6.07) is 21.0. The summed E-state index contributed by atoms with van der Waals surface area (Å²) in [6.07, 6.45) is 0. The fourth-order valence-electron chi connectivity index (χ4n) is 6.28. The molecule has 2 aliphatic heterocycles. The minimum atomic E-state index is -1.35. The first-order chi connectivity index (χ1) is 18.1. The van der Waals surface area contributed by atoms with Crippen molar-refractivity contribution in [1.82, 2.24) is 0 Å². The van der Waals surface area contributed by atoms with Gasteiger partial charge >= 0.3 is 0 Å². The summed E-state index contributed by atoms with van der Waals surface area (Å²) < 4.78 is 0. The maximum absolute atomic E-state index is 14.4. The van der Waals surface area contributed by atoms with E-state index in [0.29, 0.717) is 28.4 Å². The van der Waals surface area contributed by atoms with Gasteiger partial charge < -0.3 is 0 Å². The highest BCUT2D eigenvalue weighted by Gasteiger charge is 2.91. The Balaban J connectivity index is 1.53. The number of nitro groups is 1. The number of hydrogen-bond acceptors (Lipinski definition) is 6. The van der Waals surface area contributed by atoms with Crippen LogP contribution in [0.15, 0.2) is 83.0 Å². The lowest BCUT2D eigenvalue weighted by molar-refractivity contribution is -0.384. The number of carbonyl (C=O) groups is 2. The lowest BCUT2D eigenvalue weighted by atomic mass is 9.85. The standard InChI is InChI=1S/C29H25N5O4/c1-17-8-12-22(13-9-17)32-26(35)28(19(3)30-32)25(21-6-5-7-24(16-21)34(37)38)29(28)20(4)31-33(27(29)36)23-14-10-18(2)11-15-23/h5-16,25H,1-4H3. The smallest absolute Gasteiger partial charge is 0.269 e. The fourth-order valence-corrected chi connectivity index (χ4v) is 6.28. The minimum absolute atomic E-state index is 0.106. The maximum atomic E-state index is 14.4. The first kappa shape index (κ1) is 23.7. The van der Waals surface area contributed by atoms with Crippen molar-refractivity contribution in [1.29, 1.82) is 0 Å². The van der Waals surface area contributed by atoms with Gasteiger partial charge in [-0.05, 0) is 57.5 Å². The topological polar surface area (TPSA) is 108 Å². The number of nitro benzene ring substituents is 1. The van der Waals surface area contributed by atoms with Gasteiger partial charge in [-0.3, -0.25) is 19.7 Å². The van der Waals surface area contributed by atoms with E-state index in [1.165, 1.54) is 22.2 Å². The normalized spacial score (nSPS) is 25.8. The highest BCUT2D eigenvalue weighted by molar-refractivity contribution is 6.37. The Morgan fingerprint density at radius 3 is 1.61 bits per heavy atom. The van der Waals surface area contributed by atoms with E-state index in [4.69, 9.17) is 0 Å². The predicted octanol–water partition coefficient (Wildman–Crippen LogP) is 5.13. The second kappa shape index (κ2) is 7.92. The van der Waals surface area contributed by atoms with Gasteiger partial charge in [0.25, 0.3) is 17.5 Å². The molecule has 9 nitrogen and oxygen atoms in total. The summed E-state index contributed by atoms with van der Waals surface area (Å²) in [5.74, 6) is -1.39. The average Bonchev–Trinajstić information content (AvgIpc) is 3.39. The molecule has 38 heavy (non-hydrogen) atoms. The number of amides is 2. The number of fused-ring (bicyclic) bond motifs is 1. The Morgan fingerprint density at radius 2 is 1.18 bits per heavy atom. The van der Waals surface area contributed by atoms with Gasteiger partial charge in [0.1, 0.15) is 10.8 Å². The van der Waals surface area contributed by atoms with Crippen molar-refractivity contribution in [3.63, 3.8) is 0 Å². The van der Waals surface area contributed by atoms with Gasteiger partial charge in [-0.15, -0.1) is 0 Å². The number of rotatable bonds is 4. The molecule has 2 atom stereocenters. The predicted molar refractivity (Wildman–Crippen MR) is 144 cm³/mol. The molecule has 2 heterocycles. The van der Waals surface area contributed by atoms with Crippen molar-refractivity contribution in [2.45, 2.75) is 33.6 Å². The summed E-state index contributed by atoms with van der Waals surface area (Å²) in [7, 11) is 0. The Bertz CT molecular complexity index is 1500. The highest BCUT2D eigenvalue weighted by atomic mass is 16.6. The number of carbonyl (C=O) groups excluding carboxylic acids is 2. The van der Waals surface area contributed by atoms with Crippen LogP contribution >= 0.6 is 0 Å². The van der Waals surface area contributed by atoms with Crippen molar-refractivity contribution < 1.29 is 14.5 Å². The molecule has 190 valence electrons. The Labute approximate surface area is 219 Å². The molecule has 0 saturated heterocycles. The third kappa shape index (κ3) is 2.87. The molecule has 1 fully saturated rings. The minimum Gasteiger partial charge on any atom is -0.271 e. The van der Waals surface area contributed by atoms with Crippen molar-refractivity contribution in [2.75, 3.05) is 10.0 Å². The monoisotopic (exact) mass is 507 g/mol. The van der Waals surface area contributed by atoms with Crippen LogP contribution in [0, 0.1) is 34.8 Å². The second-order valence-electron chi connectivity index (χ2n) is 10.2. The van der Waals surface area contributed by atoms with Gasteiger partial charge in [0, 0.05) is 18.1 Å². The fraction of sp³-hybridized carbons (Fsp3) is 0.241. The Hall–Kier alpha value is -4.66. The van der Waals surface area contributed by atoms with E-state index >= 15 is 0 Å². The number of benzene rings is 3. The number of hydrazone groups is 2. The maximum Gasteiger partial charge on any atom is 0.269 e. The number of nitrogens with zero attached hydrogens (tertiary/aromatic N) is 5. The van der Waals surface area contributed by atoms with E-state index in [0.717, 1.165) is 11.1 Å². The first-order valence-corrected chi connectivity index (χ1v) is 12.3. The van der Waals surface area contributed by atoms with Gasteiger partial charge in [-0.1, -0.05) is 47.5 Å². The third-order valence-corrected chi connectivity index (χ3v) is 8.08. The SMILES string of the molecule is CC1=NN(c2ccc(C)cc2)C(=O)C12C(c1cccc([N+](=O)[O-])c1)C21C(=O)N(c2ccc(C)cc2)N=C1C. The van der Waals surface area contributed by atoms with E-state index in [1.54, 1.807) is 26.0 Å². The lowest BCUT2D eigenvalue weighted by Gasteiger charge is -2.19. The number of hydrogen-bond donors (Lipinski definition) is 0. The van der Waals surface area contributed by atoms with Crippen molar-refractivity contribution in [3.05, 3.63) is 99.6 Å². The van der Waals surface area contributed by atoms with Crippen molar-refractivity contribution in [2.24, 2.45) is 21.0 Å². The molecule has 3 aromatic rings. The molecule has 3 aromatic carbocycles. The van der Waals surface area contributed by atoms with Gasteiger partial charge in [0.05, 0.1) is 27.7 Å². The van der Waals surface area contributed by atoms with Gasteiger partial charge in [0.15, 0.2) is 0 Å². The third-order valence-electron chi connectivity index (χ3n) is 8.08. The molecular weight excluding hydrogens is 482 g/mol. The van der Waals surface area contributed by atoms with E-state index in [-0.39, 0.29) is 17.5 Å². The molecule has 9 heteroatoms. The summed E-state index contributed by atoms with van der Waals surface area (Å²) >= 11 is 0. The average molecular weight is 508 g/mol. The van der Waals surface area contributed by atoms with Gasteiger partial charge in [0.2, 0.25) is 0 Å². The van der Waals surface area contributed by atoms with Gasteiger partial charge in [-0.2, -0.15) is 20.2 Å². The molecule has 1 saturated carbocycles. The summed E-state index contributed by atoms with van der Waals surface area (Å²) in [5, 5.41) is 23.6. The summed E-state index contributed by atoms with van der Waals surface area (Å²) in [4.78, 5) is 39.9. The lowest BCUT2D eigenvalue weighted by Crippen LogP contribution is -2.40. The van der Waals surface area contributed by atoms with Crippen LogP contribution in [0.5, 0.6) is 0 Å². The van der Waals surface area contributed by atoms with Crippen LogP contribution in [-0.4, -0.2) is 28.2 Å². The number of anilines is 2. The van der Waals surface area contributed by atoms with Crippen LogP contribution in [0.3, 0.4) is 0 Å². The largest absolute Gasteiger partial charge is 0.271 e. The Kier molecular flexibility index (Phi) is 4.94. The number of non-ortho nitro benzene ring substituents is 1. The molecular formula is C29H25N5O4. The van der Waals surface area contributed by atoms with E-state index in [1.807, 2.05) is 62.4 Å². The van der Waals surface area contributed by atoms with Crippen molar-refractivity contribution in [3.8, 4) is 0 Å². The molecule has 0 radical (unpaired) electrons. The zero-order valence-corrected chi connectivity index (χ0v) is 21.4. The second-order valence-corrected chi connectivity index (χ2v) is 10.2. The Morgan fingerprint density at radius 1 is 0.737 bits per heavy atom. The zero-order chi connectivity index (χ0) is 27.0. The summed E-state index contributed by atoms with van der Waals surface area (Å²) in [6.45, 7) is 7.41. The molecule has 3 aliphatic rings. The quantitative estimate of drug-likeness (QED) is 0.360. The molecule has 2 amide bonds. The van der Waals surface area contributed by atoms with E-state index < -0.39 is 21.7 Å². The highest BCUT2D eigenvalue weighted by Crippen LogP contribution is 2.79. The van der Waals surface area contributed by atoms with Crippen molar-refractivity contribution >= 4 is 40.3 Å². The molecule has 2 unspecified atom stereocenters. The molecule has 0 aromatic heterocycles.